The van der Waals surface area contributed by atoms with Crippen LogP contribution in [-0.4, -0.2) is 39.6 Å². The smallest absolute Gasteiger partial charge is 0.254 e. The maximum atomic E-state index is 13.3. The molecule has 6 nitrogen and oxygen atoms in total. The number of aryl methyl sites for hydroxylation is 1. The molecule has 0 aliphatic rings. The van der Waals surface area contributed by atoms with E-state index in [9.17, 15) is 9.59 Å². The number of hydrogen-bond donors (Lipinski definition) is 1. The first kappa shape index (κ1) is 24.9. The fraction of sp³-hybridized carbons (Fsp3) is 0.233. The lowest BCUT2D eigenvalue weighted by Gasteiger charge is -2.24. The Morgan fingerprint density at radius 2 is 1.56 bits per heavy atom. The first-order valence-electron chi connectivity index (χ1n) is 12.3. The van der Waals surface area contributed by atoms with Gasteiger partial charge in [0.05, 0.1) is 11.4 Å². The number of nitrogens with zero attached hydrogens (tertiary/aromatic N) is 3. The van der Waals surface area contributed by atoms with E-state index in [0.717, 1.165) is 23.4 Å². The Labute approximate surface area is 212 Å². The zero-order valence-electron chi connectivity index (χ0n) is 21.0. The van der Waals surface area contributed by atoms with Gasteiger partial charge in [0.1, 0.15) is 12.4 Å². The van der Waals surface area contributed by atoms with Crippen LogP contribution in [0, 0.1) is 5.92 Å². The third-order valence-electron chi connectivity index (χ3n) is 5.86. The van der Waals surface area contributed by atoms with Gasteiger partial charge in [0, 0.05) is 23.7 Å². The van der Waals surface area contributed by atoms with E-state index in [2.05, 4.69) is 12.2 Å². The number of aromatic nitrogens is 2. The summed E-state index contributed by atoms with van der Waals surface area (Å²) in [6, 6.07) is 29.0. The van der Waals surface area contributed by atoms with E-state index in [1.165, 1.54) is 5.56 Å². The molecule has 6 heteroatoms. The first-order valence-corrected chi connectivity index (χ1v) is 12.3. The summed E-state index contributed by atoms with van der Waals surface area (Å²) in [6.45, 7) is 6.59. The van der Waals surface area contributed by atoms with Crippen LogP contribution in [0.3, 0.4) is 0 Å². The maximum Gasteiger partial charge on any atom is 0.254 e. The molecule has 4 aromatic rings. The molecule has 0 spiro atoms. The van der Waals surface area contributed by atoms with Crippen molar-refractivity contribution in [3.05, 3.63) is 102 Å². The molecular formula is C30H32N4O2. The molecule has 4 rings (SSSR count). The Hall–Kier alpha value is -4.19. The highest BCUT2D eigenvalue weighted by Crippen LogP contribution is 2.25. The summed E-state index contributed by atoms with van der Waals surface area (Å²) >= 11 is 0. The molecule has 184 valence electrons. The number of nitrogens with one attached hydrogen (secondary N) is 1. The molecule has 0 atom stereocenters. The van der Waals surface area contributed by atoms with Gasteiger partial charge >= 0.3 is 0 Å². The van der Waals surface area contributed by atoms with Crippen molar-refractivity contribution in [1.82, 2.24) is 14.7 Å². The minimum atomic E-state index is -0.272. The van der Waals surface area contributed by atoms with Crippen LogP contribution in [0.4, 0.5) is 5.82 Å². The number of carbonyl (C=O) groups excluding carboxylic acids is 2. The lowest BCUT2D eigenvalue weighted by Crippen LogP contribution is -2.40. The van der Waals surface area contributed by atoms with Gasteiger partial charge in [-0.15, -0.1) is 0 Å². The van der Waals surface area contributed by atoms with Crippen LogP contribution in [0.1, 0.15) is 36.7 Å². The highest BCUT2D eigenvalue weighted by atomic mass is 16.2. The predicted octanol–water partition coefficient (Wildman–Crippen LogP) is 5.84. The summed E-state index contributed by atoms with van der Waals surface area (Å²) in [5.41, 5.74) is 4.29. The number of anilines is 1. The molecule has 0 radical (unpaired) electrons. The summed E-state index contributed by atoms with van der Waals surface area (Å²) in [5, 5.41) is 7.75. The summed E-state index contributed by atoms with van der Waals surface area (Å²) in [7, 11) is 0. The molecular weight excluding hydrogens is 448 g/mol. The molecule has 36 heavy (non-hydrogen) atoms. The van der Waals surface area contributed by atoms with Gasteiger partial charge in [0.25, 0.3) is 5.91 Å². The molecule has 0 bridgehead atoms. The molecule has 0 fully saturated rings. The van der Waals surface area contributed by atoms with Crippen LogP contribution in [0.25, 0.3) is 16.9 Å². The molecule has 1 heterocycles. The van der Waals surface area contributed by atoms with Crippen LogP contribution < -0.4 is 5.32 Å². The van der Waals surface area contributed by atoms with Crippen molar-refractivity contribution in [3.8, 4) is 16.9 Å². The van der Waals surface area contributed by atoms with Crippen LogP contribution in [0.2, 0.25) is 0 Å². The van der Waals surface area contributed by atoms with Gasteiger partial charge in [-0.25, -0.2) is 4.68 Å². The second kappa shape index (κ2) is 11.5. The predicted molar refractivity (Wildman–Crippen MR) is 144 cm³/mol. The molecule has 0 saturated heterocycles. The van der Waals surface area contributed by atoms with Gasteiger partial charge in [-0.2, -0.15) is 5.10 Å². The van der Waals surface area contributed by atoms with E-state index in [1.54, 1.807) is 9.58 Å². The molecule has 2 amide bonds. The largest absolute Gasteiger partial charge is 0.329 e. The van der Waals surface area contributed by atoms with E-state index in [-0.39, 0.29) is 24.3 Å². The molecule has 3 aromatic carbocycles. The quantitative estimate of drug-likeness (QED) is 0.327. The van der Waals surface area contributed by atoms with E-state index in [1.807, 2.05) is 105 Å². The van der Waals surface area contributed by atoms with Gasteiger partial charge < -0.3 is 10.2 Å². The third-order valence-corrected chi connectivity index (χ3v) is 5.86. The number of carbonyl (C=O) groups is 2. The number of hydrogen-bond acceptors (Lipinski definition) is 3. The van der Waals surface area contributed by atoms with Crippen molar-refractivity contribution in [2.45, 2.75) is 27.2 Å². The molecule has 1 aromatic heterocycles. The third kappa shape index (κ3) is 6.08. The lowest BCUT2D eigenvalue weighted by atomic mass is 10.1. The standard InChI is InChI=1S/C30H32N4O2/c1-4-23-15-17-25(18-16-23)30(36)33(20-22(2)3)21-29(35)31-28-19-27(24-11-7-5-8-12-24)32-34(28)26-13-9-6-10-14-26/h5-19,22H,4,20-21H2,1-3H3,(H,31,35). The molecule has 0 saturated carbocycles. The number of benzene rings is 3. The monoisotopic (exact) mass is 480 g/mol. The molecule has 0 aliphatic carbocycles. The Kier molecular flexibility index (Phi) is 7.95. The maximum absolute atomic E-state index is 13.3. The van der Waals surface area contributed by atoms with Crippen molar-refractivity contribution >= 4 is 17.6 Å². The van der Waals surface area contributed by atoms with E-state index in [0.29, 0.717) is 17.9 Å². The van der Waals surface area contributed by atoms with Crippen LogP contribution in [0.5, 0.6) is 0 Å². The Bertz CT molecular complexity index is 1300. The molecule has 0 unspecified atom stereocenters. The van der Waals surface area contributed by atoms with Crippen molar-refractivity contribution in [2.75, 3.05) is 18.4 Å². The van der Waals surface area contributed by atoms with E-state index < -0.39 is 0 Å². The average Bonchev–Trinajstić information content (AvgIpc) is 3.32. The summed E-state index contributed by atoms with van der Waals surface area (Å²) in [6.07, 6.45) is 0.909. The zero-order valence-corrected chi connectivity index (χ0v) is 21.0. The van der Waals surface area contributed by atoms with Crippen molar-refractivity contribution in [3.63, 3.8) is 0 Å². The van der Waals surface area contributed by atoms with Crippen LogP contribution in [-0.2, 0) is 11.2 Å². The molecule has 1 N–H and O–H groups in total. The lowest BCUT2D eigenvalue weighted by molar-refractivity contribution is -0.117. The Morgan fingerprint density at radius 1 is 0.917 bits per heavy atom. The topological polar surface area (TPSA) is 67.2 Å². The SMILES string of the molecule is CCc1ccc(C(=O)N(CC(=O)Nc2cc(-c3ccccc3)nn2-c2ccccc2)CC(C)C)cc1. The van der Waals surface area contributed by atoms with Crippen molar-refractivity contribution in [1.29, 1.82) is 0 Å². The Morgan fingerprint density at radius 3 is 2.17 bits per heavy atom. The average molecular weight is 481 g/mol. The van der Waals surface area contributed by atoms with Gasteiger partial charge in [-0.05, 0) is 42.2 Å². The van der Waals surface area contributed by atoms with Gasteiger partial charge in [0.15, 0.2) is 0 Å². The molecule has 0 aliphatic heterocycles. The zero-order chi connectivity index (χ0) is 25.5. The minimum Gasteiger partial charge on any atom is -0.329 e. The van der Waals surface area contributed by atoms with Crippen molar-refractivity contribution < 1.29 is 9.59 Å². The highest BCUT2D eigenvalue weighted by molar-refractivity contribution is 5.99. The fourth-order valence-corrected chi connectivity index (χ4v) is 4.07. The van der Waals surface area contributed by atoms with E-state index in [4.69, 9.17) is 5.10 Å². The Balaban J connectivity index is 1.58. The van der Waals surface area contributed by atoms with Crippen LogP contribution in [0.15, 0.2) is 91.0 Å². The summed E-state index contributed by atoms with van der Waals surface area (Å²) < 4.78 is 1.72. The van der Waals surface area contributed by atoms with Crippen LogP contribution >= 0.6 is 0 Å². The fourth-order valence-electron chi connectivity index (χ4n) is 4.07. The first-order chi connectivity index (χ1) is 17.4. The second-order valence-corrected chi connectivity index (χ2v) is 9.21. The number of para-hydroxylation sites is 1. The number of amides is 2. The van der Waals surface area contributed by atoms with Gasteiger partial charge in [-0.3, -0.25) is 9.59 Å². The summed E-state index contributed by atoms with van der Waals surface area (Å²) in [4.78, 5) is 28.1. The number of rotatable bonds is 9. The normalized spacial score (nSPS) is 10.9. The van der Waals surface area contributed by atoms with Gasteiger partial charge in [0.2, 0.25) is 5.91 Å². The van der Waals surface area contributed by atoms with Crippen molar-refractivity contribution in [2.24, 2.45) is 5.92 Å². The second-order valence-electron chi connectivity index (χ2n) is 9.21. The van der Waals surface area contributed by atoms with Gasteiger partial charge in [-0.1, -0.05) is 81.4 Å². The minimum absolute atomic E-state index is 0.0484. The summed E-state index contributed by atoms with van der Waals surface area (Å²) in [5.74, 6) is 0.347. The highest BCUT2D eigenvalue weighted by Gasteiger charge is 2.21. The van der Waals surface area contributed by atoms with E-state index >= 15 is 0 Å².